The van der Waals surface area contributed by atoms with Gasteiger partial charge in [-0.05, 0) is 88.4 Å². The fourth-order valence-electron chi connectivity index (χ4n) is 4.10. The Morgan fingerprint density at radius 3 is 2.57 bits per heavy atom. The molecule has 4 rings (SSSR count). The number of aryl methyl sites for hydroxylation is 2. The van der Waals surface area contributed by atoms with E-state index < -0.39 is 5.91 Å². The van der Waals surface area contributed by atoms with Crippen molar-refractivity contribution in [1.82, 2.24) is 0 Å². The van der Waals surface area contributed by atoms with Crippen LogP contribution in [-0.4, -0.2) is 12.5 Å². The second kappa shape index (κ2) is 11.8. The predicted molar refractivity (Wildman–Crippen MR) is 152 cm³/mol. The van der Waals surface area contributed by atoms with Crippen LogP contribution in [0.2, 0.25) is 0 Å². The van der Waals surface area contributed by atoms with Gasteiger partial charge in [0.1, 0.15) is 18.2 Å². The Balaban J connectivity index is 1.60. The minimum absolute atomic E-state index is 0.0150. The average Bonchev–Trinajstić information content (AvgIpc) is 2.88. The van der Waals surface area contributed by atoms with Crippen molar-refractivity contribution < 1.29 is 14.3 Å². The molecule has 0 aromatic heterocycles. The van der Waals surface area contributed by atoms with Crippen molar-refractivity contribution in [2.75, 3.05) is 11.9 Å². The number of carbonyl (C=O) groups is 1. The number of rotatable bonds is 8. The molecule has 6 heteroatoms. The van der Waals surface area contributed by atoms with Gasteiger partial charge in [-0.25, -0.2) is 0 Å². The van der Waals surface area contributed by atoms with Crippen molar-refractivity contribution in [2.24, 2.45) is 0 Å². The predicted octanol–water partition coefficient (Wildman–Crippen LogP) is 7.74. The molecular formula is C31H27BrN2O3. The number of carbonyl (C=O) groups excluding carboxylic acids is 1. The number of anilines is 1. The molecule has 0 atom stereocenters. The topological polar surface area (TPSA) is 71.3 Å². The summed E-state index contributed by atoms with van der Waals surface area (Å²) in [6.07, 6.45) is 1.54. The second-order valence-electron chi connectivity index (χ2n) is 8.63. The first kappa shape index (κ1) is 26.0. The highest BCUT2D eigenvalue weighted by Gasteiger charge is 2.16. The third-order valence-electron chi connectivity index (χ3n) is 5.89. The normalized spacial score (nSPS) is 11.2. The summed E-state index contributed by atoms with van der Waals surface area (Å²) in [7, 11) is 0. The second-order valence-corrected chi connectivity index (χ2v) is 9.49. The molecule has 4 aromatic rings. The molecule has 0 saturated heterocycles. The lowest BCUT2D eigenvalue weighted by Gasteiger charge is -2.16. The van der Waals surface area contributed by atoms with Crippen LogP contribution in [0.3, 0.4) is 0 Å². The van der Waals surface area contributed by atoms with Crippen LogP contribution in [0.1, 0.15) is 29.2 Å². The molecule has 0 bridgehead atoms. The molecule has 1 N–H and O–H groups in total. The van der Waals surface area contributed by atoms with Gasteiger partial charge < -0.3 is 14.8 Å². The third kappa shape index (κ3) is 6.19. The van der Waals surface area contributed by atoms with E-state index in [9.17, 15) is 10.1 Å². The summed E-state index contributed by atoms with van der Waals surface area (Å²) in [6, 6.07) is 25.6. The van der Waals surface area contributed by atoms with E-state index in [1.807, 2.05) is 75.4 Å². The molecule has 0 unspecified atom stereocenters. The summed E-state index contributed by atoms with van der Waals surface area (Å²) in [5.74, 6) is 0.612. The Hall–Kier alpha value is -4.08. The highest BCUT2D eigenvalue weighted by molar-refractivity contribution is 9.10. The summed E-state index contributed by atoms with van der Waals surface area (Å²) in [4.78, 5) is 12.8. The number of nitrogens with one attached hydrogen (secondary N) is 1. The van der Waals surface area contributed by atoms with E-state index >= 15 is 0 Å². The molecule has 0 aliphatic rings. The van der Waals surface area contributed by atoms with E-state index in [4.69, 9.17) is 9.47 Å². The van der Waals surface area contributed by atoms with E-state index in [1.54, 1.807) is 12.1 Å². The van der Waals surface area contributed by atoms with Crippen LogP contribution in [0.4, 0.5) is 5.69 Å². The Morgan fingerprint density at radius 1 is 1.03 bits per heavy atom. The maximum absolute atomic E-state index is 12.8. The third-order valence-corrected chi connectivity index (χ3v) is 6.48. The molecule has 0 saturated carbocycles. The minimum Gasteiger partial charge on any atom is -0.490 e. The summed E-state index contributed by atoms with van der Waals surface area (Å²) >= 11 is 3.59. The quantitative estimate of drug-likeness (QED) is 0.178. The van der Waals surface area contributed by atoms with Gasteiger partial charge in [-0.1, -0.05) is 60.2 Å². The number of nitriles is 1. The molecule has 37 heavy (non-hydrogen) atoms. The van der Waals surface area contributed by atoms with Crippen LogP contribution in [0.25, 0.3) is 16.8 Å². The summed E-state index contributed by atoms with van der Waals surface area (Å²) in [6.45, 7) is 6.59. The molecule has 0 heterocycles. The zero-order valence-corrected chi connectivity index (χ0v) is 22.6. The van der Waals surface area contributed by atoms with Gasteiger partial charge in [0.2, 0.25) is 0 Å². The molecule has 0 fully saturated rings. The number of hydrogen-bond donors (Lipinski definition) is 1. The molecule has 0 aliphatic carbocycles. The zero-order chi connectivity index (χ0) is 26.4. The molecule has 0 radical (unpaired) electrons. The molecule has 186 valence electrons. The van der Waals surface area contributed by atoms with Gasteiger partial charge >= 0.3 is 0 Å². The summed E-state index contributed by atoms with van der Waals surface area (Å²) in [5, 5.41) is 14.8. The van der Waals surface area contributed by atoms with E-state index in [2.05, 4.69) is 39.4 Å². The van der Waals surface area contributed by atoms with Crippen LogP contribution in [-0.2, 0) is 11.4 Å². The standard InChI is InChI=1S/C31H27BrN2O3/c1-4-36-29-17-22(15-25(18-33)31(35)34-28-13-12-20(2)14-21(28)3)16-27(32)30(29)37-19-24-10-7-9-23-8-5-6-11-26(23)24/h5-17H,4,19H2,1-3H3,(H,34,35)/b25-15+. The van der Waals surface area contributed by atoms with Crippen LogP contribution in [0, 0.1) is 25.2 Å². The number of amides is 1. The lowest BCUT2D eigenvalue weighted by atomic mass is 10.1. The Kier molecular flexibility index (Phi) is 8.27. The van der Waals surface area contributed by atoms with E-state index in [0.717, 1.165) is 27.5 Å². The molecule has 1 amide bonds. The average molecular weight is 555 g/mol. The lowest BCUT2D eigenvalue weighted by molar-refractivity contribution is -0.112. The van der Waals surface area contributed by atoms with E-state index in [1.165, 1.54) is 0 Å². The highest BCUT2D eigenvalue weighted by atomic mass is 79.9. The van der Waals surface area contributed by atoms with E-state index in [0.29, 0.717) is 40.4 Å². The van der Waals surface area contributed by atoms with Crippen molar-refractivity contribution >= 4 is 44.4 Å². The molecule has 4 aromatic carbocycles. The summed E-state index contributed by atoms with van der Waals surface area (Å²) in [5.41, 5.74) is 4.39. The fourth-order valence-corrected chi connectivity index (χ4v) is 4.68. The Morgan fingerprint density at radius 2 is 1.81 bits per heavy atom. The number of fused-ring (bicyclic) bond motifs is 1. The minimum atomic E-state index is -0.472. The monoisotopic (exact) mass is 554 g/mol. The number of hydrogen-bond acceptors (Lipinski definition) is 4. The zero-order valence-electron chi connectivity index (χ0n) is 21.0. The largest absolute Gasteiger partial charge is 0.490 e. The van der Waals surface area contributed by atoms with Crippen molar-refractivity contribution in [1.29, 1.82) is 5.26 Å². The van der Waals surface area contributed by atoms with Gasteiger partial charge in [-0.2, -0.15) is 5.26 Å². The van der Waals surface area contributed by atoms with Gasteiger partial charge in [-0.15, -0.1) is 0 Å². The highest BCUT2D eigenvalue weighted by Crippen LogP contribution is 2.38. The van der Waals surface area contributed by atoms with Crippen LogP contribution in [0.5, 0.6) is 11.5 Å². The molecule has 0 spiro atoms. The van der Waals surface area contributed by atoms with Gasteiger partial charge in [0.25, 0.3) is 5.91 Å². The van der Waals surface area contributed by atoms with Crippen LogP contribution in [0.15, 0.2) is 82.8 Å². The van der Waals surface area contributed by atoms with Crippen LogP contribution < -0.4 is 14.8 Å². The maximum Gasteiger partial charge on any atom is 0.266 e. The SMILES string of the molecule is CCOc1cc(/C=C(\C#N)C(=O)Nc2ccc(C)cc2C)cc(Br)c1OCc1cccc2ccccc12. The number of nitrogens with zero attached hydrogens (tertiary/aromatic N) is 1. The van der Waals surface area contributed by atoms with Crippen LogP contribution >= 0.6 is 15.9 Å². The Labute approximate surface area is 225 Å². The Bertz CT molecular complexity index is 1530. The van der Waals surface area contributed by atoms with Crippen molar-refractivity contribution in [3.05, 3.63) is 105 Å². The molecule has 5 nitrogen and oxygen atoms in total. The first-order valence-corrected chi connectivity index (χ1v) is 12.7. The van der Waals surface area contributed by atoms with Crippen molar-refractivity contribution in [2.45, 2.75) is 27.4 Å². The first-order valence-electron chi connectivity index (χ1n) is 12.0. The van der Waals surface area contributed by atoms with Gasteiger partial charge in [0.05, 0.1) is 11.1 Å². The maximum atomic E-state index is 12.8. The molecular weight excluding hydrogens is 528 g/mol. The van der Waals surface area contributed by atoms with Gasteiger partial charge in [-0.3, -0.25) is 4.79 Å². The van der Waals surface area contributed by atoms with Crippen molar-refractivity contribution in [3.63, 3.8) is 0 Å². The van der Waals surface area contributed by atoms with Gasteiger partial charge in [0.15, 0.2) is 11.5 Å². The first-order chi connectivity index (χ1) is 17.9. The van der Waals surface area contributed by atoms with E-state index in [-0.39, 0.29) is 5.57 Å². The molecule has 0 aliphatic heterocycles. The lowest BCUT2D eigenvalue weighted by Crippen LogP contribution is -2.14. The number of benzene rings is 4. The number of ether oxygens (including phenoxy) is 2. The van der Waals surface area contributed by atoms with Crippen molar-refractivity contribution in [3.8, 4) is 17.6 Å². The van der Waals surface area contributed by atoms with Gasteiger partial charge in [0, 0.05) is 5.69 Å². The smallest absolute Gasteiger partial charge is 0.266 e. The summed E-state index contributed by atoms with van der Waals surface area (Å²) < 4.78 is 12.7. The fraction of sp³-hybridized carbons (Fsp3) is 0.161. The number of halogens is 1.